The first-order chi connectivity index (χ1) is 12.1. The van der Waals surface area contributed by atoms with Crippen LogP contribution in [0.4, 0.5) is 5.82 Å². The summed E-state index contributed by atoms with van der Waals surface area (Å²) >= 11 is 0. The summed E-state index contributed by atoms with van der Waals surface area (Å²) < 4.78 is 30.3. The molecule has 0 atom stereocenters. The average molecular weight is 365 g/mol. The summed E-state index contributed by atoms with van der Waals surface area (Å²) in [4.78, 5) is 4.24. The number of nitrogens with one attached hydrogen (secondary N) is 1. The van der Waals surface area contributed by atoms with E-state index in [0.717, 1.165) is 23.6 Å². The van der Waals surface area contributed by atoms with Gasteiger partial charge in [-0.1, -0.05) is 5.21 Å². The number of sulfone groups is 1. The lowest BCUT2D eigenvalue weighted by Gasteiger charge is -2.22. The smallest absolute Gasteiger partial charge is 0.150 e. The van der Waals surface area contributed by atoms with E-state index in [4.69, 9.17) is 4.74 Å². The average Bonchev–Trinajstić information content (AvgIpc) is 3.06. The SMILES string of the molecule is CCNc1cc(-c2cn(CCOC3CCS(=O)(=O)CC3)nn2)ccn1. The molecule has 9 heteroatoms. The molecule has 0 aromatic carbocycles. The Morgan fingerprint density at radius 1 is 1.36 bits per heavy atom. The minimum atomic E-state index is -2.85. The molecule has 2 aromatic heterocycles. The van der Waals surface area contributed by atoms with Crippen LogP contribution in [-0.4, -0.2) is 59.2 Å². The van der Waals surface area contributed by atoms with Crippen LogP contribution in [0.25, 0.3) is 11.3 Å². The second kappa shape index (κ2) is 7.92. The third-order valence-corrected chi connectivity index (χ3v) is 5.84. The molecule has 1 aliphatic rings. The van der Waals surface area contributed by atoms with Gasteiger partial charge in [0.25, 0.3) is 0 Å². The number of hydrogen-bond acceptors (Lipinski definition) is 7. The number of hydrogen-bond donors (Lipinski definition) is 1. The Hall–Kier alpha value is -2.00. The highest BCUT2D eigenvalue weighted by atomic mass is 32.2. The molecule has 1 fully saturated rings. The van der Waals surface area contributed by atoms with Gasteiger partial charge in [0.15, 0.2) is 9.84 Å². The lowest BCUT2D eigenvalue weighted by Crippen LogP contribution is -2.29. The van der Waals surface area contributed by atoms with Gasteiger partial charge in [-0.25, -0.2) is 18.1 Å². The molecule has 1 N–H and O–H groups in total. The summed E-state index contributed by atoms with van der Waals surface area (Å²) in [5.41, 5.74) is 1.74. The lowest BCUT2D eigenvalue weighted by molar-refractivity contribution is 0.0402. The Kier molecular flexibility index (Phi) is 5.64. The Morgan fingerprint density at radius 2 is 2.16 bits per heavy atom. The summed E-state index contributed by atoms with van der Waals surface area (Å²) in [6.45, 7) is 3.91. The fourth-order valence-electron chi connectivity index (χ4n) is 2.76. The Balaban J connectivity index is 1.51. The molecule has 0 saturated carbocycles. The van der Waals surface area contributed by atoms with E-state index in [1.54, 1.807) is 10.9 Å². The minimum Gasteiger partial charge on any atom is -0.376 e. The largest absolute Gasteiger partial charge is 0.376 e. The van der Waals surface area contributed by atoms with E-state index < -0.39 is 9.84 Å². The van der Waals surface area contributed by atoms with Crippen LogP contribution in [0, 0.1) is 0 Å². The normalized spacial score (nSPS) is 17.5. The van der Waals surface area contributed by atoms with Gasteiger partial charge < -0.3 is 10.1 Å². The predicted octanol–water partition coefficient (Wildman–Crippen LogP) is 1.37. The van der Waals surface area contributed by atoms with E-state index in [1.165, 1.54) is 0 Å². The summed E-state index contributed by atoms with van der Waals surface area (Å²) in [7, 11) is -2.85. The number of ether oxygens (including phenoxy) is 1. The fourth-order valence-corrected chi connectivity index (χ4v) is 4.20. The van der Waals surface area contributed by atoms with E-state index in [1.807, 2.05) is 25.3 Å². The zero-order chi connectivity index (χ0) is 17.7. The van der Waals surface area contributed by atoms with Gasteiger partial charge in [-0.2, -0.15) is 0 Å². The molecule has 8 nitrogen and oxygen atoms in total. The van der Waals surface area contributed by atoms with Crippen molar-refractivity contribution in [2.75, 3.05) is 30.0 Å². The Bertz CT molecular complexity index is 792. The van der Waals surface area contributed by atoms with Gasteiger partial charge in [-0.15, -0.1) is 5.10 Å². The molecule has 1 saturated heterocycles. The topological polar surface area (TPSA) is 99.0 Å². The van der Waals surface area contributed by atoms with Crippen molar-refractivity contribution in [2.45, 2.75) is 32.4 Å². The number of nitrogens with zero attached hydrogens (tertiary/aromatic N) is 4. The minimum absolute atomic E-state index is 0.0226. The predicted molar refractivity (Wildman–Crippen MR) is 95.0 cm³/mol. The zero-order valence-electron chi connectivity index (χ0n) is 14.3. The fraction of sp³-hybridized carbons (Fsp3) is 0.562. The second-order valence-corrected chi connectivity index (χ2v) is 8.35. The van der Waals surface area contributed by atoms with Gasteiger partial charge in [0.2, 0.25) is 0 Å². The molecule has 1 aliphatic heterocycles. The van der Waals surface area contributed by atoms with Crippen LogP contribution in [0.5, 0.6) is 0 Å². The third-order valence-electron chi connectivity index (χ3n) is 4.13. The van der Waals surface area contributed by atoms with Crippen molar-refractivity contribution >= 4 is 15.7 Å². The highest BCUT2D eigenvalue weighted by Gasteiger charge is 2.23. The molecular formula is C16H23N5O3S. The van der Waals surface area contributed by atoms with Gasteiger partial charge in [0.1, 0.15) is 11.5 Å². The monoisotopic (exact) mass is 365 g/mol. The van der Waals surface area contributed by atoms with Gasteiger partial charge in [0, 0.05) is 18.3 Å². The van der Waals surface area contributed by atoms with Crippen molar-refractivity contribution in [1.29, 1.82) is 0 Å². The Labute approximate surface area is 147 Å². The maximum absolute atomic E-state index is 11.4. The molecule has 136 valence electrons. The van der Waals surface area contributed by atoms with Crippen molar-refractivity contribution in [3.63, 3.8) is 0 Å². The van der Waals surface area contributed by atoms with Crippen LogP contribution in [0.1, 0.15) is 19.8 Å². The molecule has 3 rings (SSSR count). The maximum atomic E-state index is 11.4. The zero-order valence-corrected chi connectivity index (χ0v) is 15.1. The number of aromatic nitrogens is 4. The van der Waals surface area contributed by atoms with E-state index >= 15 is 0 Å². The summed E-state index contributed by atoms with van der Waals surface area (Å²) in [6, 6.07) is 3.84. The highest BCUT2D eigenvalue weighted by Crippen LogP contribution is 2.19. The van der Waals surface area contributed by atoms with Crippen molar-refractivity contribution in [2.24, 2.45) is 0 Å². The quantitative estimate of drug-likeness (QED) is 0.791. The van der Waals surface area contributed by atoms with Crippen molar-refractivity contribution in [1.82, 2.24) is 20.0 Å². The van der Waals surface area contributed by atoms with Gasteiger partial charge in [-0.05, 0) is 31.9 Å². The van der Waals surface area contributed by atoms with Crippen LogP contribution in [-0.2, 0) is 21.1 Å². The second-order valence-electron chi connectivity index (χ2n) is 6.05. The standard InChI is InChI=1S/C16H23N5O3S/c1-2-17-16-11-13(3-6-18-16)15-12-21(20-19-15)7-8-24-14-4-9-25(22,23)10-5-14/h3,6,11-12,14H,2,4-5,7-10H2,1H3,(H,17,18). The lowest BCUT2D eigenvalue weighted by atomic mass is 10.2. The first-order valence-electron chi connectivity index (χ1n) is 8.48. The molecule has 0 radical (unpaired) electrons. The molecule has 0 spiro atoms. The number of rotatable bonds is 7. The van der Waals surface area contributed by atoms with E-state index in [0.29, 0.717) is 26.0 Å². The highest BCUT2D eigenvalue weighted by molar-refractivity contribution is 7.91. The van der Waals surface area contributed by atoms with Crippen LogP contribution in [0.2, 0.25) is 0 Å². The molecule has 25 heavy (non-hydrogen) atoms. The number of anilines is 1. The van der Waals surface area contributed by atoms with Gasteiger partial charge in [0.05, 0.1) is 37.0 Å². The van der Waals surface area contributed by atoms with E-state index in [-0.39, 0.29) is 17.6 Å². The molecule has 0 unspecified atom stereocenters. The van der Waals surface area contributed by atoms with E-state index in [9.17, 15) is 8.42 Å². The third kappa shape index (κ3) is 4.99. The van der Waals surface area contributed by atoms with Crippen molar-refractivity contribution < 1.29 is 13.2 Å². The van der Waals surface area contributed by atoms with Crippen molar-refractivity contribution in [3.05, 3.63) is 24.5 Å². The first kappa shape index (κ1) is 17.8. The van der Waals surface area contributed by atoms with Crippen LogP contribution in [0.3, 0.4) is 0 Å². The Morgan fingerprint density at radius 3 is 2.92 bits per heavy atom. The summed E-state index contributed by atoms with van der Waals surface area (Å²) in [5, 5.41) is 11.5. The van der Waals surface area contributed by atoms with Crippen molar-refractivity contribution in [3.8, 4) is 11.3 Å². The maximum Gasteiger partial charge on any atom is 0.150 e. The molecular weight excluding hydrogens is 342 g/mol. The van der Waals surface area contributed by atoms with Gasteiger partial charge >= 0.3 is 0 Å². The first-order valence-corrected chi connectivity index (χ1v) is 10.3. The molecule has 3 heterocycles. The van der Waals surface area contributed by atoms with Gasteiger partial charge in [-0.3, -0.25) is 0 Å². The van der Waals surface area contributed by atoms with Crippen LogP contribution >= 0.6 is 0 Å². The van der Waals surface area contributed by atoms with Crippen LogP contribution < -0.4 is 5.32 Å². The number of pyridine rings is 1. The summed E-state index contributed by atoms with van der Waals surface area (Å²) in [5.74, 6) is 1.26. The molecule has 0 bridgehead atoms. The molecule has 0 aliphatic carbocycles. The molecule has 2 aromatic rings. The molecule has 0 amide bonds. The van der Waals surface area contributed by atoms with E-state index in [2.05, 4.69) is 20.6 Å². The summed E-state index contributed by atoms with van der Waals surface area (Å²) in [6.07, 6.45) is 4.80. The van der Waals surface area contributed by atoms with Crippen LogP contribution in [0.15, 0.2) is 24.5 Å².